The molecule has 0 aliphatic heterocycles. The molecule has 3 aromatic heterocycles. The van der Waals surface area contributed by atoms with Crippen LogP contribution in [0.2, 0.25) is 0 Å². The first-order valence-corrected chi connectivity index (χ1v) is 10.2. The second-order valence-electron chi connectivity index (χ2n) is 8.57. The van der Waals surface area contributed by atoms with Crippen molar-refractivity contribution < 1.29 is 9.32 Å². The minimum Gasteiger partial charge on any atom is -0.355 e. The van der Waals surface area contributed by atoms with E-state index < -0.39 is 5.91 Å². The van der Waals surface area contributed by atoms with E-state index in [1.165, 1.54) is 4.68 Å². The Morgan fingerprint density at radius 3 is 2.50 bits per heavy atom. The van der Waals surface area contributed by atoms with E-state index in [1.807, 2.05) is 51.1 Å². The fourth-order valence-corrected chi connectivity index (χ4v) is 3.03. The van der Waals surface area contributed by atoms with Crippen LogP contribution in [-0.4, -0.2) is 30.8 Å². The number of amides is 1. The summed E-state index contributed by atoms with van der Waals surface area (Å²) in [4.78, 5) is 32.4. The highest BCUT2D eigenvalue weighted by atomic mass is 16.5. The van der Waals surface area contributed by atoms with Gasteiger partial charge >= 0.3 is 0 Å². The van der Waals surface area contributed by atoms with Crippen molar-refractivity contribution in [2.45, 2.75) is 40.0 Å². The smallest absolute Gasteiger partial charge is 0.279 e. The number of carbonyl (C=O) groups is 1. The predicted molar refractivity (Wildman–Crippen MR) is 120 cm³/mol. The summed E-state index contributed by atoms with van der Waals surface area (Å²) in [6.45, 7) is 9.47. The van der Waals surface area contributed by atoms with E-state index >= 15 is 0 Å². The molecule has 1 aromatic carbocycles. The van der Waals surface area contributed by atoms with Crippen LogP contribution >= 0.6 is 0 Å². The van der Waals surface area contributed by atoms with Gasteiger partial charge in [0.1, 0.15) is 5.82 Å². The fraction of sp³-hybridized carbons (Fsp3) is 0.261. The zero-order valence-electron chi connectivity index (χ0n) is 18.6. The number of anilines is 1. The lowest BCUT2D eigenvalue weighted by atomic mass is 9.92. The summed E-state index contributed by atoms with van der Waals surface area (Å²) in [5.41, 5.74) is 2.21. The van der Waals surface area contributed by atoms with Crippen molar-refractivity contribution >= 4 is 11.7 Å². The Hall–Kier alpha value is -4.01. The van der Waals surface area contributed by atoms with Gasteiger partial charge in [-0.15, -0.1) is 0 Å². The van der Waals surface area contributed by atoms with Crippen LogP contribution in [0.25, 0.3) is 17.3 Å². The number of hydrogen-bond acceptors (Lipinski definition) is 6. The Morgan fingerprint density at radius 1 is 1.12 bits per heavy atom. The summed E-state index contributed by atoms with van der Waals surface area (Å²) < 4.78 is 6.76. The Balaban J connectivity index is 1.71. The van der Waals surface area contributed by atoms with Crippen LogP contribution < -0.4 is 10.9 Å². The number of carbonyl (C=O) groups excluding carboxylic acids is 1. The molecule has 164 valence electrons. The first-order chi connectivity index (χ1) is 15.1. The van der Waals surface area contributed by atoms with Crippen LogP contribution in [-0.2, 0) is 5.41 Å². The van der Waals surface area contributed by atoms with Gasteiger partial charge in [0.15, 0.2) is 11.5 Å². The minimum absolute atomic E-state index is 0.121. The molecule has 0 radical (unpaired) electrons. The molecule has 0 atom stereocenters. The number of H-pyrrole nitrogens is 1. The summed E-state index contributed by atoms with van der Waals surface area (Å²) >= 11 is 0. The van der Waals surface area contributed by atoms with Crippen LogP contribution in [0.3, 0.4) is 0 Å². The van der Waals surface area contributed by atoms with E-state index in [1.54, 1.807) is 26.0 Å². The van der Waals surface area contributed by atoms with E-state index in [0.717, 1.165) is 11.3 Å². The van der Waals surface area contributed by atoms with E-state index in [9.17, 15) is 9.59 Å². The van der Waals surface area contributed by atoms with Gasteiger partial charge in [-0.05, 0) is 13.8 Å². The molecule has 0 saturated heterocycles. The zero-order valence-corrected chi connectivity index (χ0v) is 18.6. The molecule has 3 heterocycles. The summed E-state index contributed by atoms with van der Waals surface area (Å²) in [5, 5.41) is 11.3. The highest BCUT2D eigenvalue weighted by Crippen LogP contribution is 2.26. The third-order valence-electron chi connectivity index (χ3n) is 5.10. The standard InChI is InChI=1S/C23H24N6O3/c1-13-14(2)24-22(26-20(13)30)29-19(12-18(27-29)23(3,4)5)25-21(31)16-11-17(32-28-16)15-9-7-6-8-10-15/h6-12H,1-5H3,(H,25,31)(H,24,26,30). The van der Waals surface area contributed by atoms with E-state index in [0.29, 0.717) is 22.8 Å². The molecule has 0 fully saturated rings. The third kappa shape index (κ3) is 4.09. The van der Waals surface area contributed by atoms with Gasteiger partial charge in [0.2, 0.25) is 5.95 Å². The molecule has 0 aliphatic carbocycles. The first-order valence-electron chi connectivity index (χ1n) is 10.2. The summed E-state index contributed by atoms with van der Waals surface area (Å²) in [6.07, 6.45) is 0. The van der Waals surface area contributed by atoms with Gasteiger partial charge in [-0.1, -0.05) is 56.3 Å². The van der Waals surface area contributed by atoms with E-state index in [4.69, 9.17) is 4.52 Å². The molecule has 9 heteroatoms. The van der Waals surface area contributed by atoms with Crippen LogP contribution in [0.15, 0.2) is 51.8 Å². The molecule has 0 saturated carbocycles. The molecule has 0 unspecified atom stereocenters. The lowest BCUT2D eigenvalue weighted by Gasteiger charge is -2.14. The Morgan fingerprint density at radius 2 is 1.84 bits per heavy atom. The highest BCUT2D eigenvalue weighted by Gasteiger charge is 2.24. The van der Waals surface area contributed by atoms with Gasteiger partial charge in [-0.3, -0.25) is 14.6 Å². The average Bonchev–Trinajstić information content (AvgIpc) is 3.40. The maximum absolute atomic E-state index is 12.9. The van der Waals surface area contributed by atoms with Gasteiger partial charge in [0.25, 0.3) is 11.5 Å². The Kier molecular flexibility index (Phi) is 5.25. The number of aromatic amines is 1. The largest absolute Gasteiger partial charge is 0.355 e. The molecule has 32 heavy (non-hydrogen) atoms. The second kappa shape index (κ2) is 7.92. The normalized spacial score (nSPS) is 11.5. The summed E-state index contributed by atoms with van der Waals surface area (Å²) in [5.74, 6) is 0.591. The number of aromatic nitrogens is 5. The molecular formula is C23H24N6O3. The summed E-state index contributed by atoms with van der Waals surface area (Å²) in [7, 11) is 0. The molecule has 0 spiro atoms. The first kappa shape index (κ1) is 21.2. The predicted octanol–water partition coefficient (Wildman–Crippen LogP) is 3.78. The minimum atomic E-state index is -0.469. The van der Waals surface area contributed by atoms with Crippen molar-refractivity contribution in [2.75, 3.05) is 5.32 Å². The van der Waals surface area contributed by atoms with E-state index in [-0.39, 0.29) is 22.6 Å². The topological polar surface area (TPSA) is 119 Å². The molecular weight excluding hydrogens is 408 g/mol. The van der Waals surface area contributed by atoms with Crippen molar-refractivity contribution in [2.24, 2.45) is 0 Å². The Labute approximate surface area is 184 Å². The maximum atomic E-state index is 12.9. The summed E-state index contributed by atoms with van der Waals surface area (Å²) in [6, 6.07) is 12.7. The van der Waals surface area contributed by atoms with Gasteiger partial charge in [0, 0.05) is 34.4 Å². The van der Waals surface area contributed by atoms with Crippen LogP contribution in [0.5, 0.6) is 0 Å². The van der Waals surface area contributed by atoms with Crippen molar-refractivity contribution in [1.29, 1.82) is 0 Å². The van der Waals surface area contributed by atoms with Crippen molar-refractivity contribution in [3.8, 4) is 17.3 Å². The van der Waals surface area contributed by atoms with Crippen LogP contribution in [0, 0.1) is 13.8 Å². The fourth-order valence-electron chi connectivity index (χ4n) is 3.03. The number of rotatable bonds is 4. The number of nitrogens with one attached hydrogen (secondary N) is 2. The molecule has 4 aromatic rings. The molecule has 4 rings (SSSR count). The van der Waals surface area contributed by atoms with Crippen molar-refractivity contribution in [3.05, 3.63) is 75.5 Å². The molecule has 0 aliphatic rings. The lowest BCUT2D eigenvalue weighted by Crippen LogP contribution is -2.21. The van der Waals surface area contributed by atoms with Gasteiger partial charge in [0.05, 0.1) is 5.69 Å². The number of nitrogens with zero attached hydrogens (tertiary/aromatic N) is 4. The average molecular weight is 432 g/mol. The SMILES string of the molecule is Cc1nc(-n2nc(C(C)(C)C)cc2NC(=O)c2cc(-c3ccccc3)on2)[nH]c(=O)c1C. The molecule has 9 nitrogen and oxygen atoms in total. The van der Waals surface area contributed by atoms with Crippen LogP contribution in [0.4, 0.5) is 5.82 Å². The third-order valence-corrected chi connectivity index (χ3v) is 5.10. The van der Waals surface area contributed by atoms with Gasteiger partial charge in [-0.25, -0.2) is 4.98 Å². The Bertz CT molecular complexity index is 1340. The second-order valence-corrected chi connectivity index (χ2v) is 8.57. The molecule has 0 bridgehead atoms. The number of aryl methyl sites for hydroxylation is 1. The number of hydrogen-bond donors (Lipinski definition) is 2. The molecule has 2 N–H and O–H groups in total. The lowest BCUT2D eigenvalue weighted by molar-refractivity contribution is 0.101. The van der Waals surface area contributed by atoms with Crippen molar-refractivity contribution in [3.63, 3.8) is 0 Å². The van der Waals surface area contributed by atoms with Gasteiger partial charge in [-0.2, -0.15) is 9.78 Å². The zero-order chi connectivity index (χ0) is 23.0. The quantitative estimate of drug-likeness (QED) is 0.507. The maximum Gasteiger partial charge on any atom is 0.279 e. The van der Waals surface area contributed by atoms with Gasteiger partial charge < -0.3 is 9.84 Å². The van der Waals surface area contributed by atoms with Crippen molar-refractivity contribution in [1.82, 2.24) is 24.9 Å². The molecule has 1 amide bonds. The highest BCUT2D eigenvalue weighted by molar-refractivity contribution is 6.03. The van der Waals surface area contributed by atoms with E-state index in [2.05, 4.69) is 25.5 Å². The monoisotopic (exact) mass is 432 g/mol. The van der Waals surface area contributed by atoms with Crippen LogP contribution in [0.1, 0.15) is 48.2 Å². The number of benzene rings is 1.